The zero-order valence-corrected chi connectivity index (χ0v) is 19.5. The van der Waals surface area contributed by atoms with Gasteiger partial charge >= 0.3 is 0 Å². The van der Waals surface area contributed by atoms with Crippen LogP contribution in [0.1, 0.15) is 23.2 Å². The number of nitrogens with one attached hydrogen (secondary N) is 1. The molecule has 2 aromatic heterocycles. The maximum absolute atomic E-state index is 12.8. The Morgan fingerprint density at radius 3 is 2.97 bits per heavy atom. The van der Waals surface area contributed by atoms with Crippen LogP contribution in [0, 0.1) is 0 Å². The van der Waals surface area contributed by atoms with E-state index in [0.717, 1.165) is 23.0 Å². The normalized spacial score (nSPS) is 20.6. The number of oxime groups is 1. The maximum Gasteiger partial charge on any atom is 0.276 e. The summed E-state index contributed by atoms with van der Waals surface area (Å²) < 4.78 is 5.12. The number of rotatable bonds is 7. The summed E-state index contributed by atoms with van der Waals surface area (Å²) in [6.07, 6.45) is 1.46. The van der Waals surface area contributed by atoms with Gasteiger partial charge in [0.15, 0.2) is 16.6 Å². The number of aromatic nitrogens is 1. The highest BCUT2D eigenvalue weighted by molar-refractivity contribution is 8.14. The van der Waals surface area contributed by atoms with Crippen molar-refractivity contribution < 1.29 is 23.6 Å². The van der Waals surface area contributed by atoms with E-state index in [2.05, 4.69) is 15.5 Å². The number of furan rings is 1. The lowest BCUT2D eigenvalue weighted by Gasteiger charge is -2.50. The fourth-order valence-corrected chi connectivity index (χ4v) is 6.27. The lowest BCUT2D eigenvalue weighted by Crippen LogP contribution is -2.70. The zero-order chi connectivity index (χ0) is 22.8. The molecule has 2 unspecified atom stereocenters. The van der Waals surface area contributed by atoms with Gasteiger partial charge in [0.2, 0.25) is 0 Å². The summed E-state index contributed by atoms with van der Waals surface area (Å²) in [5.41, 5.74) is 7.68. The van der Waals surface area contributed by atoms with Crippen molar-refractivity contribution in [2.45, 2.75) is 18.3 Å². The third kappa shape index (κ3) is 4.27. The SMILES string of the molecule is CON=C(C(=O)NC1C(=O)N2C(C)=C(CSC(=O)c3ccco3)CSC12)c1csc(N)n1. The van der Waals surface area contributed by atoms with Crippen LogP contribution in [0.2, 0.25) is 0 Å². The number of nitrogens with zero attached hydrogens (tertiary/aromatic N) is 3. The maximum atomic E-state index is 12.8. The van der Waals surface area contributed by atoms with E-state index >= 15 is 0 Å². The molecule has 168 valence electrons. The molecule has 2 amide bonds. The smallest absolute Gasteiger partial charge is 0.276 e. The highest BCUT2D eigenvalue weighted by Crippen LogP contribution is 2.41. The van der Waals surface area contributed by atoms with Gasteiger partial charge in [-0.3, -0.25) is 19.3 Å². The number of nitrogens with two attached hydrogens (primary N) is 1. The molecule has 2 aliphatic heterocycles. The molecule has 0 saturated carbocycles. The van der Waals surface area contributed by atoms with E-state index in [9.17, 15) is 14.4 Å². The second-order valence-electron chi connectivity index (χ2n) is 6.80. The number of amides is 2. The molecule has 0 aromatic carbocycles. The molecular formula is C19H19N5O5S3. The molecule has 0 bridgehead atoms. The number of fused-ring (bicyclic) bond motifs is 1. The van der Waals surface area contributed by atoms with Crippen LogP contribution in [0.3, 0.4) is 0 Å². The summed E-state index contributed by atoms with van der Waals surface area (Å²) in [6, 6.07) is 2.59. The Morgan fingerprint density at radius 2 is 2.31 bits per heavy atom. The summed E-state index contributed by atoms with van der Waals surface area (Å²) in [4.78, 5) is 48.2. The van der Waals surface area contributed by atoms with Crippen LogP contribution in [0.15, 0.2) is 44.6 Å². The van der Waals surface area contributed by atoms with E-state index in [-0.39, 0.29) is 27.8 Å². The van der Waals surface area contributed by atoms with Gasteiger partial charge in [-0.05, 0) is 24.6 Å². The Kier molecular flexibility index (Phi) is 6.58. The summed E-state index contributed by atoms with van der Waals surface area (Å²) >= 11 is 3.84. The predicted octanol–water partition coefficient (Wildman–Crippen LogP) is 1.92. The average Bonchev–Trinajstić information content (AvgIpc) is 3.46. The second-order valence-corrected chi connectivity index (χ2v) is 9.74. The molecule has 4 heterocycles. The number of hydrogen-bond acceptors (Lipinski definition) is 11. The van der Waals surface area contributed by atoms with Crippen molar-refractivity contribution in [1.82, 2.24) is 15.2 Å². The summed E-state index contributed by atoms with van der Waals surface area (Å²) in [7, 11) is 1.32. The monoisotopic (exact) mass is 493 g/mol. The molecule has 2 atom stereocenters. The summed E-state index contributed by atoms with van der Waals surface area (Å²) in [5.74, 6) is 0.618. The number of thiazole rings is 1. The van der Waals surface area contributed by atoms with Gasteiger partial charge in [-0.15, -0.1) is 23.1 Å². The van der Waals surface area contributed by atoms with Gasteiger partial charge in [0.25, 0.3) is 16.9 Å². The van der Waals surface area contributed by atoms with Gasteiger partial charge in [-0.1, -0.05) is 16.9 Å². The molecular weight excluding hydrogens is 474 g/mol. The first-order valence-electron chi connectivity index (χ1n) is 9.38. The number of allylic oxidation sites excluding steroid dienone is 1. The Balaban J connectivity index is 1.40. The number of nitrogen functional groups attached to an aromatic ring is 1. The van der Waals surface area contributed by atoms with Gasteiger partial charge < -0.3 is 20.3 Å². The average molecular weight is 494 g/mol. The molecule has 2 aliphatic rings. The minimum atomic E-state index is -0.695. The molecule has 10 nitrogen and oxygen atoms in total. The first-order valence-corrected chi connectivity index (χ1v) is 12.3. The van der Waals surface area contributed by atoms with Crippen molar-refractivity contribution in [3.8, 4) is 0 Å². The topological polar surface area (TPSA) is 140 Å². The van der Waals surface area contributed by atoms with Crippen LogP contribution in [0.5, 0.6) is 0 Å². The summed E-state index contributed by atoms with van der Waals surface area (Å²) in [5, 5.41) is 7.98. The fraction of sp³-hybridized carbons (Fsp3) is 0.316. The predicted molar refractivity (Wildman–Crippen MR) is 123 cm³/mol. The Morgan fingerprint density at radius 1 is 1.50 bits per heavy atom. The lowest BCUT2D eigenvalue weighted by molar-refractivity contribution is -0.144. The molecule has 1 fully saturated rings. The van der Waals surface area contributed by atoms with Gasteiger partial charge in [0.1, 0.15) is 24.2 Å². The van der Waals surface area contributed by atoms with Crippen LogP contribution in [-0.4, -0.2) is 62.6 Å². The fourth-order valence-electron chi connectivity index (χ4n) is 3.25. The first kappa shape index (κ1) is 22.4. The Bertz CT molecular complexity index is 1110. The number of carbonyl (C=O) groups excluding carboxylic acids is 3. The molecule has 1 saturated heterocycles. The molecule has 0 radical (unpaired) electrons. The number of hydrogen-bond donors (Lipinski definition) is 2. The number of thioether (sulfide) groups is 2. The minimum absolute atomic E-state index is 0.0479. The van der Waals surface area contributed by atoms with Crippen molar-refractivity contribution in [2.75, 3.05) is 24.3 Å². The van der Waals surface area contributed by atoms with Gasteiger partial charge in [0, 0.05) is 22.6 Å². The largest absolute Gasteiger partial charge is 0.460 e. The first-order chi connectivity index (χ1) is 15.4. The minimum Gasteiger partial charge on any atom is -0.460 e. The standard InChI is InChI=1S/C19H19N5O5S3/c1-9-10(7-31-18(27)12-4-3-5-29-12)6-30-17-14(16(26)24(9)17)22-15(25)13(23-28-2)11-8-32-19(20)21-11/h3-5,8,14,17H,6-7H2,1-2H3,(H2,20,21)(H,22,25). The zero-order valence-electron chi connectivity index (χ0n) is 17.1. The quantitative estimate of drug-likeness (QED) is 0.336. The van der Waals surface area contributed by atoms with Crippen LogP contribution < -0.4 is 11.1 Å². The van der Waals surface area contributed by atoms with Crippen molar-refractivity contribution in [3.05, 3.63) is 46.5 Å². The van der Waals surface area contributed by atoms with Crippen molar-refractivity contribution in [3.63, 3.8) is 0 Å². The molecule has 0 aliphatic carbocycles. The molecule has 3 N–H and O–H groups in total. The van der Waals surface area contributed by atoms with Crippen LogP contribution in [-0.2, 0) is 14.4 Å². The second kappa shape index (κ2) is 9.38. The Hall–Kier alpha value is -2.77. The van der Waals surface area contributed by atoms with E-state index in [4.69, 9.17) is 15.0 Å². The van der Waals surface area contributed by atoms with Gasteiger partial charge in [-0.25, -0.2) is 4.98 Å². The van der Waals surface area contributed by atoms with Crippen LogP contribution in [0.25, 0.3) is 0 Å². The van der Waals surface area contributed by atoms with Crippen LogP contribution >= 0.6 is 34.9 Å². The number of β-lactam (4-membered cyclic amide) rings is 1. The third-order valence-corrected chi connectivity index (χ3v) is 7.86. The highest BCUT2D eigenvalue weighted by atomic mass is 32.2. The van der Waals surface area contributed by atoms with E-state index in [1.165, 1.54) is 36.5 Å². The number of anilines is 1. The summed E-state index contributed by atoms with van der Waals surface area (Å²) in [6.45, 7) is 1.85. The van der Waals surface area contributed by atoms with Gasteiger partial charge in [0.05, 0.1) is 6.26 Å². The third-order valence-electron chi connectivity index (χ3n) is 4.89. The molecule has 2 aromatic rings. The highest BCUT2D eigenvalue weighted by Gasteiger charge is 2.51. The van der Waals surface area contributed by atoms with E-state index in [1.807, 2.05) is 6.92 Å². The van der Waals surface area contributed by atoms with E-state index in [0.29, 0.717) is 22.4 Å². The number of carbonyl (C=O) groups is 3. The molecule has 13 heteroatoms. The van der Waals surface area contributed by atoms with Crippen molar-refractivity contribution in [2.24, 2.45) is 5.16 Å². The van der Waals surface area contributed by atoms with Crippen molar-refractivity contribution in [1.29, 1.82) is 0 Å². The van der Waals surface area contributed by atoms with Crippen LogP contribution in [0.4, 0.5) is 5.13 Å². The van der Waals surface area contributed by atoms with Crippen molar-refractivity contribution >= 4 is 62.6 Å². The lowest BCUT2D eigenvalue weighted by atomic mass is 10.0. The molecule has 32 heavy (non-hydrogen) atoms. The molecule has 4 rings (SSSR count). The Labute approximate surface area is 195 Å². The van der Waals surface area contributed by atoms with Gasteiger partial charge in [-0.2, -0.15) is 0 Å². The molecule has 0 spiro atoms. The van der Waals surface area contributed by atoms with E-state index < -0.39 is 11.9 Å². The van der Waals surface area contributed by atoms with E-state index in [1.54, 1.807) is 22.4 Å².